The molecule has 0 fully saturated rings. The first-order chi connectivity index (χ1) is 4.31. The molecular weight excluding hydrogens is 114 g/mol. The van der Waals surface area contributed by atoms with Crippen LogP contribution in [0.25, 0.3) is 0 Å². The Hall–Kier alpha value is -0.700. The maximum atomic E-state index is 5.44. The highest BCUT2D eigenvalue weighted by atomic mass is 15.4. The van der Waals surface area contributed by atoms with Gasteiger partial charge in [0.15, 0.2) is 0 Å². The summed E-state index contributed by atoms with van der Waals surface area (Å²) in [5.41, 5.74) is 5.10. The summed E-state index contributed by atoms with van der Waals surface area (Å²) in [7, 11) is 0. The molecule has 9 heavy (non-hydrogen) atoms. The Morgan fingerprint density at radius 3 is 2.67 bits per heavy atom. The zero-order chi connectivity index (χ0) is 7.11. The molecule has 0 heterocycles. The van der Waals surface area contributed by atoms with Crippen LogP contribution < -0.4 is 11.6 Å². The van der Waals surface area contributed by atoms with Gasteiger partial charge in [0.1, 0.15) is 0 Å². The van der Waals surface area contributed by atoms with Crippen LogP contribution in [-0.2, 0) is 0 Å². The molecule has 0 spiro atoms. The summed E-state index contributed by atoms with van der Waals surface area (Å²) in [6.07, 6.45) is 5.37. The van der Waals surface area contributed by atoms with Crippen LogP contribution in [0.1, 0.15) is 19.8 Å². The van der Waals surface area contributed by atoms with Gasteiger partial charge in [0.25, 0.3) is 0 Å². The van der Waals surface area contributed by atoms with Crippen molar-refractivity contribution >= 4 is 0 Å². The van der Waals surface area contributed by atoms with E-state index in [0.29, 0.717) is 0 Å². The molecule has 54 valence electrons. The fourth-order valence-corrected chi connectivity index (χ4v) is 0.526. The van der Waals surface area contributed by atoms with Gasteiger partial charge < -0.3 is 10.7 Å². The van der Waals surface area contributed by atoms with Crippen LogP contribution >= 0.6 is 0 Å². The van der Waals surface area contributed by atoms with Crippen molar-refractivity contribution in [1.29, 1.82) is 0 Å². The predicted molar refractivity (Wildman–Crippen MR) is 39.1 cm³/mol. The van der Waals surface area contributed by atoms with Crippen LogP contribution in [0.15, 0.2) is 12.4 Å². The standard InChI is InChI=1S/C6H15N3/c1-2-3-5-9(8)6-4-7/h4,6H,2-3,5,7-8H2,1H3/b6-4-. The second-order valence-electron chi connectivity index (χ2n) is 1.93. The zero-order valence-corrected chi connectivity index (χ0v) is 5.88. The number of hydrogen-bond donors (Lipinski definition) is 2. The summed E-state index contributed by atoms with van der Waals surface area (Å²) in [5.74, 6) is 5.44. The van der Waals surface area contributed by atoms with Gasteiger partial charge in [0.05, 0.1) is 0 Å². The van der Waals surface area contributed by atoms with E-state index in [1.54, 1.807) is 11.2 Å². The number of rotatable bonds is 4. The van der Waals surface area contributed by atoms with E-state index in [9.17, 15) is 0 Å². The van der Waals surface area contributed by atoms with E-state index in [1.807, 2.05) is 0 Å². The van der Waals surface area contributed by atoms with Crippen LogP contribution in [0.2, 0.25) is 0 Å². The van der Waals surface area contributed by atoms with Crippen molar-refractivity contribution < 1.29 is 0 Å². The molecule has 0 bridgehead atoms. The van der Waals surface area contributed by atoms with Crippen LogP contribution in [0.3, 0.4) is 0 Å². The molecule has 0 rings (SSSR count). The zero-order valence-electron chi connectivity index (χ0n) is 5.88. The Kier molecular flexibility index (Phi) is 5.01. The molecule has 0 saturated heterocycles. The van der Waals surface area contributed by atoms with Crippen molar-refractivity contribution in [1.82, 2.24) is 5.01 Å². The number of hydrazine groups is 1. The van der Waals surface area contributed by atoms with E-state index >= 15 is 0 Å². The minimum absolute atomic E-state index is 0.879. The van der Waals surface area contributed by atoms with Gasteiger partial charge >= 0.3 is 0 Å². The largest absolute Gasteiger partial charge is 0.403 e. The third-order valence-electron chi connectivity index (χ3n) is 1.05. The minimum Gasteiger partial charge on any atom is -0.403 e. The van der Waals surface area contributed by atoms with Crippen LogP contribution in [0, 0.1) is 0 Å². The number of nitrogens with zero attached hydrogens (tertiary/aromatic N) is 1. The fourth-order valence-electron chi connectivity index (χ4n) is 0.526. The Morgan fingerprint density at radius 1 is 1.56 bits per heavy atom. The van der Waals surface area contributed by atoms with Gasteiger partial charge in [-0.15, -0.1) is 0 Å². The lowest BCUT2D eigenvalue weighted by Crippen LogP contribution is -2.26. The Morgan fingerprint density at radius 2 is 2.22 bits per heavy atom. The lowest BCUT2D eigenvalue weighted by Gasteiger charge is -2.10. The van der Waals surface area contributed by atoms with Crippen LogP contribution in [0.4, 0.5) is 0 Å². The van der Waals surface area contributed by atoms with E-state index in [4.69, 9.17) is 11.6 Å². The minimum atomic E-state index is 0.879. The predicted octanol–water partition coefficient (Wildman–Crippen LogP) is 0.392. The highest BCUT2D eigenvalue weighted by Gasteiger charge is 1.86. The average molecular weight is 129 g/mol. The van der Waals surface area contributed by atoms with Crippen molar-refractivity contribution in [2.45, 2.75) is 19.8 Å². The molecule has 0 aliphatic carbocycles. The van der Waals surface area contributed by atoms with Crippen molar-refractivity contribution in [2.24, 2.45) is 11.6 Å². The molecular formula is C6H15N3. The summed E-state index contributed by atoms with van der Waals surface area (Å²) >= 11 is 0. The van der Waals surface area contributed by atoms with Gasteiger partial charge in [0, 0.05) is 18.9 Å². The van der Waals surface area contributed by atoms with Gasteiger partial charge in [-0.3, -0.25) is 0 Å². The summed E-state index contributed by atoms with van der Waals surface area (Å²) in [4.78, 5) is 0. The fraction of sp³-hybridized carbons (Fsp3) is 0.667. The third kappa shape index (κ3) is 5.17. The highest BCUT2D eigenvalue weighted by Crippen LogP contribution is 1.88. The lowest BCUT2D eigenvalue weighted by molar-refractivity contribution is 0.383. The first-order valence-corrected chi connectivity index (χ1v) is 3.21. The topological polar surface area (TPSA) is 55.3 Å². The Balaban J connectivity index is 3.15. The number of hydrogen-bond acceptors (Lipinski definition) is 3. The van der Waals surface area contributed by atoms with Crippen LogP contribution in [0.5, 0.6) is 0 Å². The SMILES string of the molecule is CCCCN(N)/C=C\N. The van der Waals surface area contributed by atoms with E-state index in [1.165, 1.54) is 6.20 Å². The van der Waals surface area contributed by atoms with Crippen molar-refractivity contribution in [2.75, 3.05) is 6.54 Å². The third-order valence-corrected chi connectivity index (χ3v) is 1.05. The molecule has 0 atom stereocenters. The van der Waals surface area contributed by atoms with Gasteiger partial charge in [-0.1, -0.05) is 13.3 Å². The van der Waals surface area contributed by atoms with Gasteiger partial charge in [0.2, 0.25) is 0 Å². The van der Waals surface area contributed by atoms with Crippen LogP contribution in [-0.4, -0.2) is 11.6 Å². The second kappa shape index (κ2) is 5.44. The summed E-state index contributed by atoms with van der Waals surface area (Å²) in [6.45, 7) is 3.00. The lowest BCUT2D eigenvalue weighted by atomic mass is 10.3. The summed E-state index contributed by atoms with van der Waals surface area (Å²) < 4.78 is 0. The quantitative estimate of drug-likeness (QED) is 0.426. The summed E-state index contributed by atoms with van der Waals surface area (Å²) in [5, 5.41) is 1.59. The maximum Gasteiger partial charge on any atom is 0.0335 e. The van der Waals surface area contributed by atoms with Crippen molar-refractivity contribution in [3.63, 3.8) is 0 Å². The molecule has 0 saturated carbocycles. The molecule has 3 heteroatoms. The van der Waals surface area contributed by atoms with Gasteiger partial charge in [-0.25, -0.2) is 5.84 Å². The molecule has 0 unspecified atom stereocenters. The molecule has 0 aromatic rings. The van der Waals surface area contributed by atoms with E-state index in [0.717, 1.165) is 19.4 Å². The summed E-state index contributed by atoms with van der Waals surface area (Å²) in [6, 6.07) is 0. The van der Waals surface area contributed by atoms with E-state index in [2.05, 4.69) is 6.92 Å². The monoisotopic (exact) mass is 129 g/mol. The van der Waals surface area contributed by atoms with E-state index in [-0.39, 0.29) is 0 Å². The molecule has 0 amide bonds. The highest BCUT2D eigenvalue weighted by molar-refractivity contribution is 4.72. The second-order valence-corrected chi connectivity index (χ2v) is 1.93. The molecule has 0 aromatic carbocycles. The van der Waals surface area contributed by atoms with Crippen molar-refractivity contribution in [3.8, 4) is 0 Å². The number of nitrogens with two attached hydrogens (primary N) is 2. The Labute approximate surface area is 56.3 Å². The molecule has 0 radical (unpaired) electrons. The normalized spacial score (nSPS) is 10.4. The maximum absolute atomic E-state index is 5.44. The smallest absolute Gasteiger partial charge is 0.0335 e. The number of unbranched alkanes of at least 4 members (excludes halogenated alkanes) is 1. The molecule has 0 aliphatic heterocycles. The molecule has 0 aliphatic rings. The average Bonchev–Trinajstić information content (AvgIpc) is 1.85. The Bertz CT molecular complexity index is 80.4. The van der Waals surface area contributed by atoms with Gasteiger partial charge in [-0.05, 0) is 6.42 Å². The van der Waals surface area contributed by atoms with E-state index < -0.39 is 0 Å². The first-order valence-electron chi connectivity index (χ1n) is 3.21. The first kappa shape index (κ1) is 8.30. The molecule has 4 N–H and O–H groups in total. The molecule has 0 aromatic heterocycles. The van der Waals surface area contributed by atoms with Gasteiger partial charge in [-0.2, -0.15) is 0 Å². The van der Waals surface area contributed by atoms with Crippen molar-refractivity contribution in [3.05, 3.63) is 12.4 Å². The molecule has 3 nitrogen and oxygen atoms in total.